The molecule has 0 radical (unpaired) electrons. The molecule has 0 saturated carbocycles. The van der Waals surface area contributed by atoms with Crippen molar-refractivity contribution in [2.75, 3.05) is 13.2 Å². The summed E-state index contributed by atoms with van der Waals surface area (Å²) in [4.78, 5) is 71.6. The fourth-order valence-corrected chi connectivity index (χ4v) is 5.24. The van der Waals surface area contributed by atoms with Crippen LogP contribution < -0.4 is 0 Å². The highest BCUT2D eigenvalue weighted by molar-refractivity contribution is 5.92. The van der Waals surface area contributed by atoms with E-state index < -0.39 is 97.4 Å². The second-order valence-electron chi connectivity index (χ2n) is 9.72. The largest absolute Gasteiger partial charge is 0.471 e. The molecule has 41 heavy (non-hydrogen) atoms. The quantitative estimate of drug-likeness (QED) is 0.201. The maximum atomic E-state index is 12.3. The number of ether oxygens (including phenoxy) is 9. The second-order valence-corrected chi connectivity index (χ2v) is 9.72. The molecule has 0 N–H and O–H groups in total. The second kappa shape index (κ2) is 12.3. The van der Waals surface area contributed by atoms with E-state index >= 15 is 0 Å². The highest BCUT2D eigenvalue weighted by atomic mass is 16.8. The van der Waals surface area contributed by atoms with Gasteiger partial charge in [0.2, 0.25) is 12.6 Å². The van der Waals surface area contributed by atoms with E-state index in [-0.39, 0.29) is 12.2 Å². The van der Waals surface area contributed by atoms with Crippen LogP contribution in [0.5, 0.6) is 0 Å². The van der Waals surface area contributed by atoms with Crippen LogP contribution in [0.1, 0.15) is 34.6 Å². The lowest BCUT2D eigenvalue weighted by Gasteiger charge is -2.45. The summed E-state index contributed by atoms with van der Waals surface area (Å²) in [6.45, 7) is 5.12. The first-order valence-electron chi connectivity index (χ1n) is 12.7. The lowest BCUT2D eigenvalue weighted by Crippen LogP contribution is -2.63. The van der Waals surface area contributed by atoms with Crippen LogP contribution in [-0.2, 0) is 71.4 Å². The van der Waals surface area contributed by atoms with Gasteiger partial charge >= 0.3 is 35.8 Å². The first-order chi connectivity index (χ1) is 19.3. The van der Waals surface area contributed by atoms with E-state index in [9.17, 15) is 28.8 Å². The van der Waals surface area contributed by atoms with E-state index in [0.717, 1.165) is 27.7 Å². The summed E-state index contributed by atoms with van der Waals surface area (Å²) in [6.07, 6.45) is -6.07. The standard InChI is InChI=1S/C26H30O15/c1-10(27)33-7-15-6-17-20-16(24(32)39-17)8-35-25(19(15)20)41-26-23(38-14(5)31)22(37-13(4)30)21(36-12(3)29)18(40-26)9-34-11(2)28/h6,8,17-23,25-26H,7,9H2,1-5H3/t17-,18+,19?,20?,21+,22-,23+,25?,26-/m0/s1. The van der Waals surface area contributed by atoms with Gasteiger partial charge in [0.15, 0.2) is 18.3 Å². The lowest BCUT2D eigenvalue weighted by atomic mass is 9.84. The third-order valence-corrected chi connectivity index (χ3v) is 6.67. The molecule has 0 aromatic rings. The Hall–Kier alpha value is -3.98. The molecule has 0 amide bonds. The van der Waals surface area contributed by atoms with Gasteiger partial charge in [-0.3, -0.25) is 24.0 Å². The Bertz CT molecular complexity index is 1170. The molecule has 15 nitrogen and oxygen atoms in total. The van der Waals surface area contributed by atoms with E-state index in [2.05, 4.69) is 0 Å². The summed E-state index contributed by atoms with van der Waals surface area (Å²) in [5.41, 5.74) is 0.805. The van der Waals surface area contributed by atoms with E-state index in [0.29, 0.717) is 5.57 Å². The molecule has 4 rings (SSSR count). The van der Waals surface area contributed by atoms with Gasteiger partial charge in [-0.15, -0.1) is 0 Å². The van der Waals surface area contributed by atoms with E-state index in [4.69, 9.17) is 42.6 Å². The number of rotatable bonds is 9. The first kappa shape index (κ1) is 30.0. The minimum Gasteiger partial charge on any atom is -0.471 e. The number of hydrogen-bond donors (Lipinski definition) is 0. The molecule has 0 bridgehead atoms. The van der Waals surface area contributed by atoms with E-state index in [1.165, 1.54) is 13.2 Å². The highest BCUT2D eigenvalue weighted by Crippen LogP contribution is 2.49. The van der Waals surface area contributed by atoms with Gasteiger partial charge in [0.25, 0.3) is 0 Å². The normalized spacial score (nSPS) is 33.2. The molecule has 3 aliphatic heterocycles. The Morgan fingerprint density at radius 1 is 0.756 bits per heavy atom. The van der Waals surface area contributed by atoms with Crippen LogP contribution >= 0.6 is 0 Å². The molecule has 3 heterocycles. The number of hydrogen-bond acceptors (Lipinski definition) is 15. The Morgan fingerprint density at radius 3 is 1.98 bits per heavy atom. The van der Waals surface area contributed by atoms with Crippen molar-refractivity contribution in [1.29, 1.82) is 0 Å². The molecule has 1 aliphatic carbocycles. The van der Waals surface area contributed by atoms with Gasteiger partial charge in [-0.1, -0.05) is 0 Å². The zero-order valence-electron chi connectivity index (χ0n) is 22.9. The summed E-state index contributed by atoms with van der Waals surface area (Å²) >= 11 is 0. The van der Waals surface area contributed by atoms with Gasteiger partial charge in [0.1, 0.15) is 25.4 Å². The third kappa shape index (κ3) is 6.68. The summed E-state index contributed by atoms with van der Waals surface area (Å²) < 4.78 is 49.8. The van der Waals surface area contributed by atoms with Crippen LogP contribution in [0.2, 0.25) is 0 Å². The SMILES string of the molecule is CC(=O)OCC1=C[C@@H]2OC(=O)C3=COC(O[C@@H]4O[C@H](COC(C)=O)[C@@H](OC(C)=O)[C@H](OC(C)=O)[C@H]4OC(C)=O)C1C32. The zero-order valence-corrected chi connectivity index (χ0v) is 22.9. The van der Waals surface area contributed by atoms with Gasteiger partial charge in [-0.25, -0.2) is 4.79 Å². The van der Waals surface area contributed by atoms with Gasteiger partial charge in [-0.2, -0.15) is 0 Å². The number of carbonyl (C=O) groups excluding carboxylic acids is 6. The molecule has 2 fully saturated rings. The fraction of sp³-hybridized carbons (Fsp3) is 0.615. The van der Waals surface area contributed by atoms with E-state index in [1.807, 2.05) is 0 Å². The Kier molecular flexibility index (Phi) is 8.97. The summed E-state index contributed by atoms with van der Waals surface area (Å²) in [7, 11) is 0. The summed E-state index contributed by atoms with van der Waals surface area (Å²) in [5.74, 6) is -5.39. The van der Waals surface area contributed by atoms with Crippen LogP contribution in [0.3, 0.4) is 0 Å². The Balaban J connectivity index is 1.68. The number of esters is 6. The van der Waals surface area contributed by atoms with Crippen LogP contribution in [0.4, 0.5) is 0 Å². The van der Waals surface area contributed by atoms with Crippen molar-refractivity contribution < 1.29 is 71.4 Å². The van der Waals surface area contributed by atoms with Crippen LogP contribution in [0, 0.1) is 11.8 Å². The van der Waals surface area contributed by atoms with Crippen molar-refractivity contribution in [1.82, 2.24) is 0 Å². The van der Waals surface area contributed by atoms with Crippen LogP contribution in [0.25, 0.3) is 0 Å². The van der Waals surface area contributed by atoms with Crippen molar-refractivity contribution in [3.8, 4) is 0 Å². The predicted molar refractivity (Wildman–Crippen MR) is 128 cm³/mol. The lowest BCUT2D eigenvalue weighted by molar-refractivity contribution is -0.342. The fourth-order valence-electron chi connectivity index (χ4n) is 5.24. The molecule has 15 heteroatoms. The van der Waals surface area contributed by atoms with Crippen LogP contribution in [-0.4, -0.2) is 92.1 Å². The molecule has 3 unspecified atom stereocenters. The highest BCUT2D eigenvalue weighted by Gasteiger charge is 2.58. The number of carbonyl (C=O) groups is 6. The van der Waals surface area contributed by atoms with Crippen molar-refractivity contribution in [3.63, 3.8) is 0 Å². The predicted octanol–water partition coefficient (Wildman–Crippen LogP) is -0.0128. The van der Waals surface area contributed by atoms with Crippen molar-refractivity contribution in [2.45, 2.75) is 77.7 Å². The smallest absolute Gasteiger partial charge is 0.338 e. The Labute approximate surface area is 233 Å². The van der Waals surface area contributed by atoms with Crippen molar-refractivity contribution in [3.05, 3.63) is 23.5 Å². The first-order valence-corrected chi connectivity index (χ1v) is 12.7. The van der Waals surface area contributed by atoms with Gasteiger partial charge in [-0.05, 0) is 11.6 Å². The summed E-state index contributed by atoms with van der Waals surface area (Å²) in [6, 6.07) is 0. The molecule has 0 spiro atoms. The minimum atomic E-state index is -1.53. The molecule has 4 aliphatic rings. The average Bonchev–Trinajstić information content (AvgIpc) is 3.38. The van der Waals surface area contributed by atoms with Gasteiger partial charge in [0, 0.05) is 40.5 Å². The van der Waals surface area contributed by atoms with Crippen molar-refractivity contribution in [2.24, 2.45) is 11.8 Å². The zero-order chi connectivity index (χ0) is 30.0. The third-order valence-electron chi connectivity index (χ3n) is 6.67. The maximum absolute atomic E-state index is 12.3. The topological polar surface area (TPSA) is 185 Å². The molecule has 224 valence electrons. The van der Waals surface area contributed by atoms with Crippen molar-refractivity contribution >= 4 is 35.8 Å². The molecular formula is C26H30O15. The summed E-state index contributed by atoms with van der Waals surface area (Å²) in [5, 5.41) is 0. The monoisotopic (exact) mass is 582 g/mol. The molecule has 0 aromatic heterocycles. The van der Waals surface area contributed by atoms with Crippen LogP contribution in [0.15, 0.2) is 23.5 Å². The molecule has 2 saturated heterocycles. The average molecular weight is 583 g/mol. The maximum Gasteiger partial charge on any atom is 0.338 e. The molecule has 0 aromatic carbocycles. The van der Waals surface area contributed by atoms with Gasteiger partial charge < -0.3 is 42.6 Å². The Morgan fingerprint density at radius 2 is 1.37 bits per heavy atom. The van der Waals surface area contributed by atoms with Gasteiger partial charge in [0.05, 0.1) is 17.8 Å². The molecular weight excluding hydrogens is 552 g/mol. The molecule has 9 atom stereocenters. The minimum absolute atomic E-state index is 0.139. The van der Waals surface area contributed by atoms with E-state index in [1.54, 1.807) is 6.08 Å².